The molecule has 1 atom stereocenters. The van der Waals surface area contributed by atoms with E-state index in [1.54, 1.807) is 30.0 Å². The molecule has 0 spiro atoms. The second-order valence-corrected chi connectivity index (χ2v) is 7.86. The highest BCUT2D eigenvalue weighted by Crippen LogP contribution is 2.30. The van der Waals surface area contributed by atoms with E-state index in [1.807, 2.05) is 33.8 Å². The van der Waals surface area contributed by atoms with E-state index in [0.717, 1.165) is 9.37 Å². The molecule has 2 rings (SSSR count). The Morgan fingerprint density at radius 2 is 1.84 bits per heavy atom. The maximum atomic E-state index is 12.9. The van der Waals surface area contributed by atoms with Crippen LogP contribution in [0, 0.1) is 0 Å². The zero-order valence-corrected chi connectivity index (χ0v) is 16.8. The van der Waals surface area contributed by atoms with E-state index in [0.29, 0.717) is 5.56 Å². The van der Waals surface area contributed by atoms with E-state index < -0.39 is 17.5 Å². The zero-order valence-electron chi connectivity index (χ0n) is 15.2. The summed E-state index contributed by atoms with van der Waals surface area (Å²) in [6.07, 6.45) is 0. The van der Waals surface area contributed by atoms with Crippen molar-refractivity contribution in [3.63, 3.8) is 0 Å². The fraction of sp³-hybridized carbons (Fsp3) is 0.500. The predicted molar refractivity (Wildman–Crippen MR) is 98.9 cm³/mol. The van der Waals surface area contributed by atoms with Crippen LogP contribution in [0.1, 0.15) is 40.2 Å². The lowest BCUT2D eigenvalue weighted by Crippen LogP contribution is -2.49. The summed E-state index contributed by atoms with van der Waals surface area (Å²) in [4.78, 5) is 40.6. The van der Waals surface area contributed by atoms with Crippen molar-refractivity contribution in [3.8, 4) is 0 Å². The third-order valence-corrected chi connectivity index (χ3v) is 4.86. The summed E-state index contributed by atoms with van der Waals surface area (Å²) in [5.74, 6) is -0.664. The highest BCUT2D eigenvalue weighted by atomic mass is 79.9. The van der Waals surface area contributed by atoms with E-state index in [1.165, 1.54) is 0 Å². The number of hydrogen-bond acceptors (Lipinski definition) is 3. The molecule has 4 amide bonds. The number of halogens is 1. The largest absolute Gasteiger partial charge is 0.336 e. The minimum atomic E-state index is -1.18. The Bertz CT molecular complexity index is 697. The van der Waals surface area contributed by atoms with Gasteiger partial charge in [-0.15, -0.1) is 0 Å². The summed E-state index contributed by atoms with van der Waals surface area (Å²) >= 11 is 3.38. The molecule has 6 nitrogen and oxygen atoms in total. The van der Waals surface area contributed by atoms with Gasteiger partial charge in [0.25, 0.3) is 5.91 Å². The van der Waals surface area contributed by atoms with Crippen LogP contribution in [0.15, 0.2) is 28.7 Å². The first-order valence-corrected chi connectivity index (χ1v) is 9.08. The van der Waals surface area contributed by atoms with Gasteiger partial charge in [-0.25, -0.2) is 4.79 Å². The van der Waals surface area contributed by atoms with E-state index in [4.69, 9.17) is 0 Å². The first kappa shape index (κ1) is 19.4. The molecule has 136 valence electrons. The SMILES string of the molecule is CC(C)N(C(=O)CN1C(=O)NC(C)(c2cccc(Br)c2)C1=O)C(C)C. The molecule has 0 bridgehead atoms. The van der Waals surface area contributed by atoms with Crippen LogP contribution in [-0.2, 0) is 15.1 Å². The number of hydrogen-bond donors (Lipinski definition) is 1. The molecule has 1 aliphatic rings. The van der Waals surface area contributed by atoms with Gasteiger partial charge in [-0.2, -0.15) is 0 Å². The molecule has 0 aromatic heterocycles. The second kappa shape index (κ2) is 7.15. The minimum Gasteiger partial charge on any atom is -0.336 e. The molecule has 1 aromatic carbocycles. The third kappa shape index (κ3) is 3.71. The average molecular weight is 410 g/mol. The summed E-state index contributed by atoms with van der Waals surface area (Å²) in [5.41, 5.74) is -0.512. The van der Waals surface area contributed by atoms with Crippen LogP contribution in [0.25, 0.3) is 0 Å². The Hall–Kier alpha value is -1.89. The first-order chi connectivity index (χ1) is 11.6. The summed E-state index contributed by atoms with van der Waals surface area (Å²) in [7, 11) is 0. The molecule has 7 heteroatoms. The van der Waals surface area contributed by atoms with Crippen molar-refractivity contribution in [3.05, 3.63) is 34.3 Å². The molecule has 1 aromatic rings. The average Bonchev–Trinajstić information content (AvgIpc) is 2.71. The second-order valence-electron chi connectivity index (χ2n) is 6.95. The highest BCUT2D eigenvalue weighted by molar-refractivity contribution is 9.10. The zero-order chi connectivity index (χ0) is 18.9. The van der Waals surface area contributed by atoms with Gasteiger partial charge in [0, 0.05) is 16.6 Å². The van der Waals surface area contributed by atoms with Gasteiger partial charge >= 0.3 is 6.03 Å². The van der Waals surface area contributed by atoms with Gasteiger partial charge in [-0.05, 0) is 52.3 Å². The molecule has 1 heterocycles. The van der Waals surface area contributed by atoms with Crippen molar-refractivity contribution in [1.82, 2.24) is 15.1 Å². The lowest BCUT2D eigenvalue weighted by Gasteiger charge is -2.32. The number of amides is 4. The Balaban J connectivity index is 2.25. The number of benzene rings is 1. The van der Waals surface area contributed by atoms with Gasteiger partial charge < -0.3 is 10.2 Å². The lowest BCUT2D eigenvalue weighted by atomic mass is 9.92. The summed E-state index contributed by atoms with van der Waals surface area (Å²) in [6.45, 7) is 9.04. The Morgan fingerprint density at radius 3 is 2.36 bits per heavy atom. The maximum absolute atomic E-state index is 12.9. The molecule has 1 aliphatic heterocycles. The Kier molecular flexibility index (Phi) is 5.56. The van der Waals surface area contributed by atoms with Crippen molar-refractivity contribution >= 4 is 33.8 Å². The number of nitrogens with one attached hydrogen (secondary N) is 1. The van der Waals surface area contributed by atoms with Crippen molar-refractivity contribution in [2.75, 3.05) is 6.54 Å². The number of rotatable bonds is 5. The van der Waals surface area contributed by atoms with Crippen LogP contribution in [0.3, 0.4) is 0 Å². The van der Waals surface area contributed by atoms with Crippen LogP contribution in [-0.4, -0.2) is 46.3 Å². The van der Waals surface area contributed by atoms with E-state index in [2.05, 4.69) is 21.2 Å². The molecular formula is C18H24BrN3O3. The van der Waals surface area contributed by atoms with Gasteiger partial charge in [-0.3, -0.25) is 14.5 Å². The van der Waals surface area contributed by atoms with Gasteiger partial charge in [0.05, 0.1) is 0 Å². The quantitative estimate of drug-likeness (QED) is 0.759. The molecule has 1 unspecified atom stereocenters. The fourth-order valence-corrected chi connectivity index (χ4v) is 3.62. The number of imide groups is 1. The molecule has 0 radical (unpaired) electrons. The van der Waals surface area contributed by atoms with E-state index >= 15 is 0 Å². The maximum Gasteiger partial charge on any atom is 0.325 e. The molecule has 0 saturated carbocycles. The van der Waals surface area contributed by atoms with Crippen LogP contribution in [0.2, 0.25) is 0 Å². The van der Waals surface area contributed by atoms with E-state index in [-0.39, 0.29) is 24.5 Å². The van der Waals surface area contributed by atoms with Crippen molar-refractivity contribution in [2.24, 2.45) is 0 Å². The predicted octanol–water partition coefficient (Wildman–Crippen LogP) is 2.86. The first-order valence-electron chi connectivity index (χ1n) is 8.29. The Morgan fingerprint density at radius 1 is 1.24 bits per heavy atom. The lowest BCUT2D eigenvalue weighted by molar-refractivity contribution is -0.141. The van der Waals surface area contributed by atoms with Crippen LogP contribution in [0.4, 0.5) is 4.79 Å². The molecular weight excluding hydrogens is 386 g/mol. The standard InChI is InChI=1S/C18H24BrN3O3/c1-11(2)22(12(3)4)15(23)10-21-16(24)18(5,20-17(21)25)13-7-6-8-14(19)9-13/h6-9,11-12H,10H2,1-5H3,(H,20,25). The van der Waals surface area contributed by atoms with Gasteiger partial charge in [-0.1, -0.05) is 28.1 Å². The number of carbonyl (C=O) groups excluding carboxylic acids is 3. The number of carbonyl (C=O) groups is 3. The van der Waals surface area contributed by atoms with Gasteiger partial charge in [0.2, 0.25) is 5.91 Å². The third-order valence-electron chi connectivity index (χ3n) is 4.37. The Labute approximate surface area is 156 Å². The van der Waals surface area contributed by atoms with Crippen molar-refractivity contribution in [1.29, 1.82) is 0 Å². The number of nitrogens with zero attached hydrogens (tertiary/aromatic N) is 2. The van der Waals surface area contributed by atoms with Crippen LogP contribution < -0.4 is 5.32 Å². The molecule has 1 saturated heterocycles. The van der Waals surface area contributed by atoms with Crippen LogP contribution in [0.5, 0.6) is 0 Å². The summed E-state index contributed by atoms with van der Waals surface area (Å²) in [5, 5.41) is 2.72. The summed E-state index contributed by atoms with van der Waals surface area (Å²) < 4.78 is 0.814. The fourth-order valence-electron chi connectivity index (χ4n) is 3.22. The monoisotopic (exact) mass is 409 g/mol. The normalized spacial score (nSPS) is 20.4. The number of urea groups is 1. The summed E-state index contributed by atoms with van der Waals surface area (Å²) in [6, 6.07) is 6.65. The molecule has 1 N–H and O–H groups in total. The topological polar surface area (TPSA) is 69.7 Å². The van der Waals surface area contributed by atoms with E-state index in [9.17, 15) is 14.4 Å². The van der Waals surface area contributed by atoms with Gasteiger partial charge in [0.15, 0.2) is 0 Å². The van der Waals surface area contributed by atoms with Gasteiger partial charge in [0.1, 0.15) is 12.1 Å². The van der Waals surface area contributed by atoms with Crippen LogP contribution >= 0.6 is 15.9 Å². The molecule has 25 heavy (non-hydrogen) atoms. The minimum absolute atomic E-state index is 0.00951. The smallest absolute Gasteiger partial charge is 0.325 e. The van der Waals surface area contributed by atoms with Crippen molar-refractivity contribution in [2.45, 2.75) is 52.2 Å². The molecule has 1 fully saturated rings. The molecule has 0 aliphatic carbocycles. The highest BCUT2D eigenvalue weighted by Gasteiger charge is 2.49. The van der Waals surface area contributed by atoms with Crippen molar-refractivity contribution < 1.29 is 14.4 Å².